The van der Waals surface area contributed by atoms with Gasteiger partial charge in [-0.25, -0.2) is 4.68 Å². The van der Waals surface area contributed by atoms with Gasteiger partial charge in [0.15, 0.2) is 5.69 Å². The Labute approximate surface area is 138 Å². The third-order valence-electron chi connectivity index (χ3n) is 3.48. The van der Waals surface area contributed by atoms with Crippen LogP contribution in [0, 0.1) is 6.92 Å². The van der Waals surface area contributed by atoms with Gasteiger partial charge in [0.25, 0.3) is 5.91 Å². The van der Waals surface area contributed by atoms with Crippen molar-refractivity contribution in [2.24, 2.45) is 0 Å². The van der Waals surface area contributed by atoms with Crippen LogP contribution in [-0.2, 0) is 0 Å². The number of amides is 1. The molecule has 0 saturated carbocycles. The van der Waals surface area contributed by atoms with Crippen molar-refractivity contribution in [2.75, 3.05) is 13.6 Å². The predicted octanol–water partition coefficient (Wildman–Crippen LogP) is 1.51. The third-order valence-corrected chi connectivity index (χ3v) is 3.48. The molecule has 1 aromatic heterocycles. The molecule has 0 fully saturated rings. The van der Waals surface area contributed by atoms with Gasteiger partial charge >= 0.3 is 6.61 Å². The molecule has 0 aliphatic heterocycles. The number of rotatable bonds is 7. The minimum absolute atomic E-state index is 0.0468. The van der Waals surface area contributed by atoms with E-state index in [-0.39, 0.29) is 23.4 Å². The van der Waals surface area contributed by atoms with Crippen LogP contribution in [0.3, 0.4) is 0 Å². The number of hydrogen-bond acceptors (Lipinski definition) is 5. The number of aromatic nitrogens is 3. The van der Waals surface area contributed by atoms with Crippen LogP contribution in [0.15, 0.2) is 24.3 Å². The molecular weight excluding hydrogens is 320 g/mol. The van der Waals surface area contributed by atoms with Gasteiger partial charge in [0.1, 0.15) is 5.75 Å². The Balaban J connectivity index is 2.13. The third kappa shape index (κ3) is 4.25. The number of hydrogen-bond donors (Lipinski definition) is 2. The molecule has 0 spiro atoms. The van der Waals surface area contributed by atoms with Crippen molar-refractivity contribution in [1.29, 1.82) is 0 Å². The van der Waals surface area contributed by atoms with E-state index in [0.29, 0.717) is 17.9 Å². The number of likely N-dealkylation sites (N-methyl/N-ethyl adjacent to an activating group) is 1. The lowest BCUT2D eigenvalue weighted by Gasteiger charge is -2.10. The molecule has 0 aliphatic carbocycles. The highest BCUT2D eigenvalue weighted by Crippen LogP contribution is 2.18. The molecule has 1 atom stereocenters. The van der Waals surface area contributed by atoms with Crippen LogP contribution in [0.2, 0.25) is 0 Å². The number of alkyl halides is 2. The Hall–Kier alpha value is -2.55. The minimum Gasteiger partial charge on any atom is -0.435 e. The summed E-state index contributed by atoms with van der Waals surface area (Å²) >= 11 is 0. The zero-order valence-electron chi connectivity index (χ0n) is 13.6. The first-order chi connectivity index (χ1) is 11.4. The fraction of sp³-hybridized carbons (Fsp3) is 0.400. The zero-order chi connectivity index (χ0) is 17.7. The molecule has 1 aromatic carbocycles. The van der Waals surface area contributed by atoms with Gasteiger partial charge < -0.3 is 15.4 Å². The molecule has 0 aliphatic rings. The van der Waals surface area contributed by atoms with Crippen molar-refractivity contribution in [1.82, 2.24) is 25.6 Å². The van der Waals surface area contributed by atoms with E-state index >= 15 is 0 Å². The first kappa shape index (κ1) is 17.8. The molecule has 2 rings (SSSR count). The van der Waals surface area contributed by atoms with E-state index < -0.39 is 6.61 Å². The van der Waals surface area contributed by atoms with Crippen molar-refractivity contribution < 1.29 is 18.3 Å². The Morgan fingerprint density at radius 2 is 2.00 bits per heavy atom. The molecule has 130 valence electrons. The quantitative estimate of drug-likeness (QED) is 0.799. The van der Waals surface area contributed by atoms with Crippen molar-refractivity contribution in [3.05, 3.63) is 35.7 Å². The number of halogens is 2. The van der Waals surface area contributed by atoms with Gasteiger partial charge in [-0.3, -0.25) is 4.79 Å². The largest absolute Gasteiger partial charge is 0.435 e. The summed E-state index contributed by atoms with van der Waals surface area (Å²) in [6.45, 7) is 1.23. The number of carbonyl (C=O) groups excluding carboxylic acids is 1. The van der Waals surface area contributed by atoms with E-state index in [4.69, 9.17) is 0 Å². The van der Waals surface area contributed by atoms with Crippen molar-refractivity contribution in [3.63, 3.8) is 0 Å². The predicted molar refractivity (Wildman–Crippen MR) is 83.6 cm³/mol. The van der Waals surface area contributed by atoms with Gasteiger partial charge in [-0.15, -0.1) is 5.10 Å². The summed E-state index contributed by atoms with van der Waals surface area (Å²) in [4.78, 5) is 12.1. The summed E-state index contributed by atoms with van der Waals surface area (Å²) in [5.74, 6) is -0.274. The fourth-order valence-corrected chi connectivity index (χ4v) is 1.98. The maximum atomic E-state index is 12.2. The van der Waals surface area contributed by atoms with E-state index in [1.165, 1.54) is 16.8 Å². The van der Waals surface area contributed by atoms with Crippen LogP contribution in [-0.4, -0.2) is 47.1 Å². The lowest BCUT2D eigenvalue weighted by atomic mass is 10.2. The lowest BCUT2D eigenvalue weighted by molar-refractivity contribution is -0.0498. The highest BCUT2D eigenvalue weighted by Gasteiger charge is 2.17. The number of carbonyl (C=O) groups is 1. The number of benzene rings is 1. The van der Waals surface area contributed by atoms with E-state index in [1.54, 1.807) is 26.1 Å². The summed E-state index contributed by atoms with van der Waals surface area (Å²) in [6.07, 6.45) is 0. The number of nitrogens with zero attached hydrogens (tertiary/aromatic N) is 3. The molecule has 2 aromatic rings. The summed E-state index contributed by atoms with van der Waals surface area (Å²) in [5.41, 5.74) is 1.35. The molecule has 24 heavy (non-hydrogen) atoms. The monoisotopic (exact) mass is 339 g/mol. The Morgan fingerprint density at radius 1 is 1.33 bits per heavy atom. The van der Waals surface area contributed by atoms with Gasteiger partial charge in [-0.05, 0) is 45.2 Å². The van der Waals surface area contributed by atoms with Crippen LogP contribution in [0.1, 0.15) is 23.1 Å². The van der Waals surface area contributed by atoms with Crippen molar-refractivity contribution in [2.45, 2.75) is 26.5 Å². The summed E-state index contributed by atoms with van der Waals surface area (Å²) < 4.78 is 30.1. The van der Waals surface area contributed by atoms with Crippen molar-refractivity contribution >= 4 is 5.91 Å². The van der Waals surface area contributed by atoms with Crippen LogP contribution in [0.25, 0.3) is 5.69 Å². The highest BCUT2D eigenvalue weighted by molar-refractivity contribution is 5.93. The second-order valence-electron chi connectivity index (χ2n) is 5.21. The van der Waals surface area contributed by atoms with Crippen molar-refractivity contribution in [3.8, 4) is 11.4 Å². The first-order valence-electron chi connectivity index (χ1n) is 7.35. The average Bonchev–Trinajstić information content (AvgIpc) is 2.94. The molecule has 0 bridgehead atoms. The minimum atomic E-state index is -2.88. The molecule has 9 heteroatoms. The molecule has 0 radical (unpaired) electrons. The molecule has 2 N–H and O–H groups in total. The van der Waals surface area contributed by atoms with E-state index in [0.717, 1.165) is 0 Å². The molecule has 1 heterocycles. The lowest BCUT2D eigenvalue weighted by Crippen LogP contribution is -2.37. The van der Waals surface area contributed by atoms with E-state index in [9.17, 15) is 13.6 Å². The zero-order valence-corrected chi connectivity index (χ0v) is 13.6. The van der Waals surface area contributed by atoms with E-state index in [1.807, 2.05) is 6.92 Å². The molecule has 1 unspecified atom stereocenters. The van der Waals surface area contributed by atoms with Gasteiger partial charge in [-0.2, -0.15) is 8.78 Å². The smallest absolute Gasteiger partial charge is 0.387 e. The fourth-order valence-electron chi connectivity index (χ4n) is 1.98. The summed E-state index contributed by atoms with van der Waals surface area (Å²) in [5, 5.41) is 13.6. The Morgan fingerprint density at radius 3 is 2.58 bits per heavy atom. The van der Waals surface area contributed by atoms with Gasteiger partial charge in [-0.1, -0.05) is 5.21 Å². The molecule has 0 saturated heterocycles. The summed E-state index contributed by atoms with van der Waals surface area (Å²) in [7, 11) is 1.81. The van der Waals surface area contributed by atoms with Gasteiger partial charge in [0, 0.05) is 12.6 Å². The van der Waals surface area contributed by atoms with Crippen LogP contribution < -0.4 is 15.4 Å². The topological polar surface area (TPSA) is 81.1 Å². The average molecular weight is 339 g/mol. The Bertz CT molecular complexity index is 688. The first-order valence-corrected chi connectivity index (χ1v) is 7.35. The normalized spacial score (nSPS) is 12.2. The summed E-state index contributed by atoms with van der Waals surface area (Å²) in [6, 6.07) is 6.05. The number of nitrogens with one attached hydrogen (secondary N) is 2. The second-order valence-corrected chi connectivity index (χ2v) is 5.21. The standard InChI is InChI=1S/C15H19F2N5O2/c1-9(18-3)8-19-14(23)13-10(2)22(21-20-13)11-4-6-12(7-5-11)24-15(16)17/h4-7,9,15,18H,8H2,1-3H3,(H,19,23). The van der Waals surface area contributed by atoms with E-state index in [2.05, 4.69) is 25.7 Å². The van der Waals surface area contributed by atoms with Gasteiger partial charge in [0.2, 0.25) is 0 Å². The maximum Gasteiger partial charge on any atom is 0.387 e. The van der Waals surface area contributed by atoms with Crippen LogP contribution in [0.4, 0.5) is 8.78 Å². The second kappa shape index (κ2) is 7.82. The van der Waals surface area contributed by atoms with Crippen LogP contribution >= 0.6 is 0 Å². The maximum absolute atomic E-state index is 12.2. The SMILES string of the molecule is CNC(C)CNC(=O)c1nnn(-c2ccc(OC(F)F)cc2)c1C. The molecule has 7 nitrogen and oxygen atoms in total. The highest BCUT2D eigenvalue weighted by atomic mass is 19.3. The van der Waals surface area contributed by atoms with Crippen LogP contribution in [0.5, 0.6) is 5.75 Å². The molecule has 1 amide bonds. The Kier molecular flexibility index (Phi) is 5.80. The number of ether oxygens (including phenoxy) is 1. The van der Waals surface area contributed by atoms with Gasteiger partial charge in [0.05, 0.1) is 11.4 Å². The molecular formula is C15H19F2N5O2.